The SMILES string of the molecule is CCCCCCCCCCCCCCCCCCCCCC(=O)O[C@H](COC(=O)CCCCCCCCCCCCCCCCCCCC)COC(=O)CCCCCCCCCCCCC(C)C. The Morgan fingerprint density at radius 1 is 0.279 bits per heavy atom. The number of hydrogen-bond donors (Lipinski definition) is 0. The number of carbonyl (C=O) groups is 3. The summed E-state index contributed by atoms with van der Waals surface area (Å²) < 4.78 is 16.9. The van der Waals surface area contributed by atoms with E-state index < -0.39 is 6.10 Å². The lowest BCUT2D eigenvalue weighted by atomic mass is 10.0. The third kappa shape index (κ3) is 55.3. The Morgan fingerprint density at radius 3 is 0.721 bits per heavy atom. The summed E-state index contributed by atoms with van der Waals surface area (Å²) >= 11 is 0. The first-order valence-electron chi connectivity index (χ1n) is 30.9. The minimum Gasteiger partial charge on any atom is -0.462 e. The molecule has 0 fully saturated rings. The highest BCUT2D eigenvalue weighted by Crippen LogP contribution is 2.18. The molecule has 0 unspecified atom stereocenters. The Morgan fingerprint density at radius 2 is 0.485 bits per heavy atom. The van der Waals surface area contributed by atoms with Gasteiger partial charge in [-0.1, -0.05) is 317 Å². The molecule has 0 bridgehead atoms. The molecule has 6 heteroatoms. The topological polar surface area (TPSA) is 78.9 Å². The lowest BCUT2D eigenvalue weighted by Crippen LogP contribution is -2.30. The van der Waals surface area contributed by atoms with Crippen LogP contribution in [0.15, 0.2) is 0 Å². The van der Waals surface area contributed by atoms with Gasteiger partial charge in [0.05, 0.1) is 0 Å². The van der Waals surface area contributed by atoms with Crippen LogP contribution in [0.2, 0.25) is 0 Å². The largest absolute Gasteiger partial charge is 0.462 e. The number of esters is 3. The summed E-state index contributed by atoms with van der Waals surface area (Å²) in [6.07, 6.45) is 62.5. The summed E-state index contributed by atoms with van der Waals surface area (Å²) in [5, 5.41) is 0. The van der Waals surface area contributed by atoms with E-state index in [0.717, 1.165) is 63.7 Å². The highest BCUT2D eigenvalue weighted by molar-refractivity contribution is 5.71. The number of rotatable bonds is 57. The van der Waals surface area contributed by atoms with E-state index in [-0.39, 0.29) is 31.1 Å². The van der Waals surface area contributed by atoms with E-state index in [1.54, 1.807) is 0 Å². The zero-order chi connectivity index (χ0) is 49.5. The van der Waals surface area contributed by atoms with Crippen molar-refractivity contribution >= 4 is 17.9 Å². The first-order chi connectivity index (χ1) is 33.4. The molecule has 0 spiro atoms. The van der Waals surface area contributed by atoms with Crippen LogP contribution in [-0.4, -0.2) is 37.2 Å². The van der Waals surface area contributed by atoms with Crippen LogP contribution in [0.4, 0.5) is 0 Å². The monoisotopic (exact) mass is 961 g/mol. The minimum absolute atomic E-state index is 0.0617. The van der Waals surface area contributed by atoms with Gasteiger partial charge in [0.15, 0.2) is 6.10 Å². The van der Waals surface area contributed by atoms with Crippen LogP contribution >= 0.6 is 0 Å². The molecule has 68 heavy (non-hydrogen) atoms. The molecule has 0 aromatic heterocycles. The molecule has 404 valence electrons. The fourth-order valence-electron chi connectivity index (χ4n) is 9.63. The summed E-state index contributed by atoms with van der Waals surface area (Å²) in [6.45, 7) is 9.06. The van der Waals surface area contributed by atoms with Crippen molar-refractivity contribution in [2.24, 2.45) is 5.92 Å². The van der Waals surface area contributed by atoms with Gasteiger partial charge >= 0.3 is 17.9 Å². The van der Waals surface area contributed by atoms with E-state index >= 15 is 0 Å². The zero-order valence-electron chi connectivity index (χ0n) is 46.6. The summed E-state index contributed by atoms with van der Waals surface area (Å²) in [5.74, 6) is -0.0136. The highest BCUT2D eigenvalue weighted by Gasteiger charge is 2.19. The molecule has 1 atom stereocenters. The van der Waals surface area contributed by atoms with Gasteiger partial charge in [-0.25, -0.2) is 0 Å². The van der Waals surface area contributed by atoms with Gasteiger partial charge < -0.3 is 14.2 Å². The van der Waals surface area contributed by atoms with Gasteiger partial charge in [0.25, 0.3) is 0 Å². The third-order valence-electron chi connectivity index (χ3n) is 14.3. The smallest absolute Gasteiger partial charge is 0.306 e. The fraction of sp³-hybridized carbons (Fsp3) is 0.952. The molecule has 0 rings (SSSR count). The van der Waals surface area contributed by atoms with Crippen LogP contribution in [0.1, 0.15) is 355 Å². The molecule has 0 aromatic rings. The van der Waals surface area contributed by atoms with Crippen molar-refractivity contribution in [2.45, 2.75) is 361 Å². The van der Waals surface area contributed by atoms with Crippen LogP contribution in [0.25, 0.3) is 0 Å². The molecule has 0 aromatic carbocycles. The number of carbonyl (C=O) groups excluding carboxylic acids is 3. The van der Waals surface area contributed by atoms with Gasteiger partial charge in [-0.2, -0.15) is 0 Å². The Labute approximate surface area is 425 Å². The van der Waals surface area contributed by atoms with Crippen LogP contribution in [-0.2, 0) is 28.6 Å². The maximum atomic E-state index is 12.9. The van der Waals surface area contributed by atoms with E-state index in [1.165, 1.54) is 250 Å². The molecule has 0 heterocycles. The average Bonchev–Trinajstić information content (AvgIpc) is 3.32. The predicted octanol–water partition coefficient (Wildman–Crippen LogP) is 20.6. The Balaban J connectivity index is 4.27. The fourth-order valence-corrected chi connectivity index (χ4v) is 9.63. The van der Waals surface area contributed by atoms with E-state index in [4.69, 9.17) is 14.2 Å². The van der Waals surface area contributed by atoms with E-state index in [1.807, 2.05) is 0 Å². The molecule has 0 N–H and O–H groups in total. The van der Waals surface area contributed by atoms with Crippen LogP contribution in [0, 0.1) is 5.92 Å². The Kier molecular flexibility index (Phi) is 55.0. The van der Waals surface area contributed by atoms with E-state index in [2.05, 4.69) is 27.7 Å². The maximum Gasteiger partial charge on any atom is 0.306 e. The van der Waals surface area contributed by atoms with Crippen molar-refractivity contribution < 1.29 is 28.6 Å². The zero-order valence-corrected chi connectivity index (χ0v) is 46.6. The van der Waals surface area contributed by atoms with Gasteiger partial charge in [-0.05, 0) is 25.2 Å². The molecule has 0 radical (unpaired) electrons. The summed E-state index contributed by atoms with van der Waals surface area (Å²) in [5.41, 5.74) is 0. The second kappa shape index (κ2) is 56.3. The van der Waals surface area contributed by atoms with Crippen molar-refractivity contribution in [1.82, 2.24) is 0 Å². The molecule has 0 aliphatic heterocycles. The molecule has 0 saturated heterocycles. The number of ether oxygens (including phenoxy) is 3. The van der Waals surface area contributed by atoms with Gasteiger partial charge in [-0.15, -0.1) is 0 Å². The van der Waals surface area contributed by atoms with Crippen LogP contribution < -0.4 is 0 Å². The molecule has 0 amide bonds. The van der Waals surface area contributed by atoms with Crippen LogP contribution in [0.3, 0.4) is 0 Å². The summed E-state index contributed by atoms with van der Waals surface area (Å²) in [4.78, 5) is 38.2. The van der Waals surface area contributed by atoms with Crippen molar-refractivity contribution in [3.63, 3.8) is 0 Å². The highest BCUT2D eigenvalue weighted by atomic mass is 16.6. The maximum absolute atomic E-state index is 12.9. The van der Waals surface area contributed by atoms with Crippen molar-refractivity contribution in [2.75, 3.05) is 13.2 Å². The number of hydrogen-bond acceptors (Lipinski definition) is 6. The molecular weight excluding hydrogens is 841 g/mol. The van der Waals surface area contributed by atoms with Gasteiger partial charge in [0.1, 0.15) is 13.2 Å². The summed E-state index contributed by atoms with van der Waals surface area (Å²) in [6, 6.07) is 0. The quantitative estimate of drug-likeness (QED) is 0.0343. The summed E-state index contributed by atoms with van der Waals surface area (Å²) in [7, 11) is 0. The van der Waals surface area contributed by atoms with Crippen molar-refractivity contribution in [1.29, 1.82) is 0 Å². The Bertz CT molecular complexity index is 1030. The van der Waals surface area contributed by atoms with Gasteiger partial charge in [0, 0.05) is 19.3 Å². The normalized spacial score (nSPS) is 12.0. The van der Waals surface area contributed by atoms with Crippen molar-refractivity contribution in [3.05, 3.63) is 0 Å². The standard InChI is InChI=1S/C62H120O6/c1-5-7-9-11-13-15-17-19-21-23-25-27-29-31-33-39-43-47-51-55-62(65)68-59(57-67-61(64)54-50-46-42-38-35-34-36-40-44-48-52-58(3)4)56-66-60(63)53-49-45-41-37-32-30-28-26-24-22-20-18-16-14-12-10-8-6-2/h58-59H,5-57H2,1-4H3/t59-/m1/s1. The van der Waals surface area contributed by atoms with E-state index in [9.17, 15) is 14.4 Å². The van der Waals surface area contributed by atoms with Gasteiger partial charge in [0.2, 0.25) is 0 Å². The number of unbranched alkanes of at least 4 members (excludes halogenated alkanes) is 44. The second-order valence-corrected chi connectivity index (χ2v) is 21.8. The molecule has 0 aliphatic rings. The first kappa shape index (κ1) is 66.4. The molecule has 0 saturated carbocycles. The molecule has 6 nitrogen and oxygen atoms in total. The first-order valence-corrected chi connectivity index (χ1v) is 30.9. The average molecular weight is 962 g/mol. The molecular formula is C62H120O6. The third-order valence-corrected chi connectivity index (χ3v) is 14.3. The molecule has 0 aliphatic carbocycles. The van der Waals surface area contributed by atoms with Crippen LogP contribution in [0.5, 0.6) is 0 Å². The minimum atomic E-state index is -0.763. The predicted molar refractivity (Wildman–Crippen MR) is 293 cm³/mol. The van der Waals surface area contributed by atoms with Gasteiger partial charge in [-0.3, -0.25) is 14.4 Å². The lowest BCUT2D eigenvalue weighted by Gasteiger charge is -2.18. The van der Waals surface area contributed by atoms with Crippen molar-refractivity contribution in [3.8, 4) is 0 Å². The lowest BCUT2D eigenvalue weighted by molar-refractivity contribution is -0.167. The van der Waals surface area contributed by atoms with E-state index in [0.29, 0.717) is 19.3 Å². The Hall–Kier alpha value is -1.59. The second-order valence-electron chi connectivity index (χ2n) is 21.8.